The van der Waals surface area contributed by atoms with Crippen molar-refractivity contribution < 1.29 is 0 Å². The van der Waals surface area contributed by atoms with E-state index in [1.54, 1.807) is 6.07 Å². The number of rotatable bonds is 4. The van der Waals surface area contributed by atoms with Crippen LogP contribution >= 0.6 is 11.6 Å². The van der Waals surface area contributed by atoms with Crippen molar-refractivity contribution in [2.45, 2.75) is 19.9 Å². The maximum atomic E-state index is 9.05. The second-order valence-electron chi connectivity index (χ2n) is 3.89. The molecule has 1 aromatic carbocycles. The number of hydrogen-bond acceptors (Lipinski definition) is 2. The van der Waals surface area contributed by atoms with Crippen LogP contribution in [-0.2, 0) is 0 Å². The summed E-state index contributed by atoms with van der Waals surface area (Å²) in [7, 11) is 0. The highest BCUT2D eigenvalue weighted by atomic mass is 35.5. The second kappa shape index (κ2) is 5.75. The summed E-state index contributed by atoms with van der Waals surface area (Å²) in [5.74, 6) is 0.517. The molecule has 0 fully saturated rings. The van der Waals surface area contributed by atoms with Crippen molar-refractivity contribution in [1.29, 1.82) is 5.26 Å². The predicted molar refractivity (Wildman–Crippen MR) is 62.6 cm³/mol. The lowest BCUT2D eigenvalue weighted by molar-refractivity contribution is 0.525. The van der Waals surface area contributed by atoms with Gasteiger partial charge in [0.25, 0.3) is 0 Å². The molecule has 0 aromatic heterocycles. The first-order valence-corrected chi connectivity index (χ1v) is 5.40. The van der Waals surface area contributed by atoms with Gasteiger partial charge >= 0.3 is 0 Å². The van der Waals surface area contributed by atoms with Gasteiger partial charge in [-0.25, -0.2) is 0 Å². The summed E-state index contributed by atoms with van der Waals surface area (Å²) in [6.07, 6.45) is 0. The van der Waals surface area contributed by atoms with E-state index in [0.717, 1.165) is 12.1 Å². The molecule has 0 aliphatic rings. The SMILES string of the molecule is CC(C)CNC(C#N)c1ccccc1Cl. The van der Waals surface area contributed by atoms with E-state index in [9.17, 15) is 0 Å². The summed E-state index contributed by atoms with van der Waals surface area (Å²) in [5.41, 5.74) is 0.849. The van der Waals surface area contributed by atoms with Gasteiger partial charge in [-0.1, -0.05) is 43.6 Å². The number of nitrogens with one attached hydrogen (secondary N) is 1. The summed E-state index contributed by atoms with van der Waals surface area (Å²) >= 11 is 6.02. The number of halogens is 1. The van der Waals surface area contributed by atoms with Gasteiger partial charge in [0.1, 0.15) is 6.04 Å². The molecular formula is C12H15ClN2. The Balaban J connectivity index is 2.76. The van der Waals surface area contributed by atoms with Gasteiger partial charge in [0.15, 0.2) is 0 Å². The van der Waals surface area contributed by atoms with Crippen molar-refractivity contribution in [3.8, 4) is 6.07 Å². The van der Waals surface area contributed by atoms with E-state index < -0.39 is 0 Å². The zero-order valence-electron chi connectivity index (χ0n) is 9.00. The van der Waals surface area contributed by atoms with Crippen LogP contribution in [0.5, 0.6) is 0 Å². The van der Waals surface area contributed by atoms with Crippen LogP contribution in [0.3, 0.4) is 0 Å². The van der Waals surface area contributed by atoms with Gasteiger partial charge in [-0.15, -0.1) is 0 Å². The minimum atomic E-state index is -0.318. The fourth-order valence-electron chi connectivity index (χ4n) is 1.29. The lowest BCUT2D eigenvalue weighted by atomic mass is 10.1. The largest absolute Gasteiger partial charge is 0.298 e. The van der Waals surface area contributed by atoms with E-state index in [1.165, 1.54) is 0 Å². The Morgan fingerprint density at radius 2 is 2.07 bits per heavy atom. The minimum Gasteiger partial charge on any atom is -0.298 e. The van der Waals surface area contributed by atoms with Crippen molar-refractivity contribution in [1.82, 2.24) is 5.32 Å². The van der Waals surface area contributed by atoms with E-state index in [1.807, 2.05) is 18.2 Å². The highest BCUT2D eigenvalue weighted by molar-refractivity contribution is 6.31. The molecule has 2 nitrogen and oxygen atoms in total. The van der Waals surface area contributed by atoms with Crippen LogP contribution in [0.15, 0.2) is 24.3 Å². The zero-order valence-corrected chi connectivity index (χ0v) is 9.75. The van der Waals surface area contributed by atoms with Crippen molar-refractivity contribution in [3.63, 3.8) is 0 Å². The molecule has 0 saturated heterocycles. The Hall–Kier alpha value is -1.04. The average molecular weight is 223 g/mol. The molecule has 0 heterocycles. The smallest absolute Gasteiger partial charge is 0.122 e. The molecular weight excluding hydrogens is 208 g/mol. The first-order chi connectivity index (χ1) is 7.15. The highest BCUT2D eigenvalue weighted by Crippen LogP contribution is 2.22. The second-order valence-corrected chi connectivity index (χ2v) is 4.29. The van der Waals surface area contributed by atoms with Crippen molar-refractivity contribution in [2.24, 2.45) is 5.92 Å². The van der Waals surface area contributed by atoms with Crippen LogP contribution in [-0.4, -0.2) is 6.54 Å². The van der Waals surface area contributed by atoms with E-state index in [4.69, 9.17) is 16.9 Å². The van der Waals surface area contributed by atoms with Crippen molar-refractivity contribution in [2.75, 3.05) is 6.54 Å². The van der Waals surface area contributed by atoms with Crippen LogP contribution in [0.1, 0.15) is 25.5 Å². The van der Waals surface area contributed by atoms with Crippen LogP contribution in [0.4, 0.5) is 0 Å². The Kier molecular flexibility index (Phi) is 4.61. The molecule has 0 aliphatic carbocycles. The quantitative estimate of drug-likeness (QED) is 0.850. The van der Waals surface area contributed by atoms with Gasteiger partial charge in [-0.3, -0.25) is 5.32 Å². The standard InChI is InChI=1S/C12H15ClN2/c1-9(2)8-15-12(7-14)10-5-3-4-6-11(10)13/h3-6,9,12,15H,8H2,1-2H3. The first kappa shape index (κ1) is 12.0. The number of benzene rings is 1. The normalized spacial score (nSPS) is 12.5. The molecule has 0 bridgehead atoms. The summed E-state index contributed by atoms with van der Waals surface area (Å²) in [6.45, 7) is 5.02. The fraction of sp³-hybridized carbons (Fsp3) is 0.417. The van der Waals surface area contributed by atoms with Crippen LogP contribution in [0.25, 0.3) is 0 Å². The maximum absolute atomic E-state index is 9.05. The van der Waals surface area contributed by atoms with Crippen LogP contribution < -0.4 is 5.32 Å². The molecule has 1 N–H and O–H groups in total. The van der Waals surface area contributed by atoms with Gasteiger partial charge < -0.3 is 0 Å². The third-order valence-electron chi connectivity index (χ3n) is 2.08. The van der Waals surface area contributed by atoms with Gasteiger partial charge in [0.2, 0.25) is 0 Å². The van der Waals surface area contributed by atoms with Gasteiger partial charge in [0.05, 0.1) is 6.07 Å². The molecule has 15 heavy (non-hydrogen) atoms. The molecule has 0 radical (unpaired) electrons. The maximum Gasteiger partial charge on any atom is 0.122 e. The van der Waals surface area contributed by atoms with Crippen LogP contribution in [0.2, 0.25) is 5.02 Å². The predicted octanol–water partition coefficient (Wildman–Crippen LogP) is 3.15. The van der Waals surface area contributed by atoms with E-state index in [0.29, 0.717) is 10.9 Å². The topological polar surface area (TPSA) is 35.8 Å². The van der Waals surface area contributed by atoms with Crippen molar-refractivity contribution in [3.05, 3.63) is 34.9 Å². The number of nitriles is 1. The Labute approximate surface area is 95.9 Å². The molecule has 0 amide bonds. The number of hydrogen-bond donors (Lipinski definition) is 1. The molecule has 80 valence electrons. The van der Waals surface area contributed by atoms with E-state index in [2.05, 4.69) is 25.2 Å². The Bertz CT molecular complexity index is 355. The van der Waals surface area contributed by atoms with Crippen LogP contribution in [0, 0.1) is 17.2 Å². The zero-order chi connectivity index (χ0) is 11.3. The fourth-order valence-corrected chi connectivity index (χ4v) is 1.53. The van der Waals surface area contributed by atoms with Crippen molar-refractivity contribution >= 4 is 11.6 Å². The molecule has 0 saturated carbocycles. The summed E-state index contributed by atoms with van der Waals surface area (Å²) < 4.78 is 0. The summed E-state index contributed by atoms with van der Waals surface area (Å²) in [5, 5.41) is 12.9. The van der Waals surface area contributed by atoms with E-state index in [-0.39, 0.29) is 6.04 Å². The molecule has 1 atom stereocenters. The molecule has 0 spiro atoms. The summed E-state index contributed by atoms with van der Waals surface area (Å²) in [4.78, 5) is 0. The highest BCUT2D eigenvalue weighted by Gasteiger charge is 2.12. The first-order valence-electron chi connectivity index (χ1n) is 5.02. The third-order valence-corrected chi connectivity index (χ3v) is 2.42. The van der Waals surface area contributed by atoms with Gasteiger partial charge in [-0.2, -0.15) is 5.26 Å². The molecule has 0 aliphatic heterocycles. The monoisotopic (exact) mass is 222 g/mol. The van der Waals surface area contributed by atoms with E-state index >= 15 is 0 Å². The molecule has 1 rings (SSSR count). The lowest BCUT2D eigenvalue weighted by Crippen LogP contribution is -2.24. The lowest BCUT2D eigenvalue weighted by Gasteiger charge is -2.14. The molecule has 1 unspecified atom stereocenters. The third kappa shape index (κ3) is 3.54. The molecule has 3 heteroatoms. The number of nitrogens with zero attached hydrogens (tertiary/aromatic N) is 1. The van der Waals surface area contributed by atoms with Gasteiger partial charge in [-0.05, 0) is 18.5 Å². The summed E-state index contributed by atoms with van der Waals surface area (Å²) in [6, 6.07) is 9.34. The van der Waals surface area contributed by atoms with Gasteiger partial charge in [0, 0.05) is 10.6 Å². The Morgan fingerprint density at radius 1 is 1.40 bits per heavy atom. The Morgan fingerprint density at radius 3 is 2.60 bits per heavy atom. The molecule has 1 aromatic rings. The minimum absolute atomic E-state index is 0.318. The average Bonchev–Trinajstić information content (AvgIpc) is 2.21.